The van der Waals surface area contributed by atoms with Gasteiger partial charge in [0.05, 0.1) is 24.7 Å². The molecule has 0 spiro atoms. The van der Waals surface area contributed by atoms with Crippen LogP contribution in [-0.4, -0.2) is 24.8 Å². The third-order valence-electron chi connectivity index (χ3n) is 2.62. The monoisotopic (exact) mass is 170 g/mol. The van der Waals surface area contributed by atoms with Gasteiger partial charge >= 0.3 is 5.97 Å². The number of hydrogen-bond acceptors (Lipinski definition) is 3. The molecule has 0 N–H and O–H groups in total. The van der Waals surface area contributed by atoms with Gasteiger partial charge in [-0.1, -0.05) is 0 Å². The van der Waals surface area contributed by atoms with Crippen molar-refractivity contribution < 1.29 is 14.3 Å². The number of carbonyl (C=O) groups excluding carboxylic acids is 1. The van der Waals surface area contributed by atoms with Crippen molar-refractivity contribution in [2.75, 3.05) is 6.61 Å². The van der Waals surface area contributed by atoms with E-state index in [0.717, 1.165) is 19.3 Å². The first kappa shape index (κ1) is 8.05. The molecule has 2 unspecified atom stereocenters. The van der Waals surface area contributed by atoms with Crippen molar-refractivity contribution in [3.8, 4) is 0 Å². The summed E-state index contributed by atoms with van der Waals surface area (Å²) in [6.07, 6.45) is 3.70. The summed E-state index contributed by atoms with van der Waals surface area (Å²) < 4.78 is 10.3. The van der Waals surface area contributed by atoms with E-state index in [9.17, 15) is 4.79 Å². The van der Waals surface area contributed by atoms with Crippen molar-refractivity contribution in [1.29, 1.82) is 0 Å². The van der Waals surface area contributed by atoms with Crippen LogP contribution in [0, 0.1) is 5.92 Å². The van der Waals surface area contributed by atoms with Crippen molar-refractivity contribution in [2.24, 2.45) is 5.92 Å². The van der Waals surface area contributed by atoms with Crippen molar-refractivity contribution in [1.82, 2.24) is 0 Å². The summed E-state index contributed by atoms with van der Waals surface area (Å²) in [6.45, 7) is 2.33. The number of rotatable bonds is 2. The molecule has 0 amide bonds. The second-order valence-corrected chi connectivity index (χ2v) is 3.48. The van der Waals surface area contributed by atoms with Gasteiger partial charge in [-0.05, 0) is 26.2 Å². The Morgan fingerprint density at radius 3 is 3.00 bits per heavy atom. The average Bonchev–Trinajstić information content (AvgIpc) is 2.81. The minimum Gasteiger partial charge on any atom is -0.466 e. The summed E-state index contributed by atoms with van der Waals surface area (Å²) in [5, 5.41) is 0. The zero-order valence-electron chi connectivity index (χ0n) is 7.29. The molecule has 3 atom stereocenters. The van der Waals surface area contributed by atoms with Crippen LogP contribution in [0.3, 0.4) is 0 Å². The molecule has 0 bridgehead atoms. The number of esters is 1. The lowest BCUT2D eigenvalue weighted by molar-refractivity contribution is -0.148. The maximum Gasteiger partial charge on any atom is 0.309 e. The Labute approximate surface area is 72.0 Å². The summed E-state index contributed by atoms with van der Waals surface area (Å²) in [6, 6.07) is 0. The highest BCUT2D eigenvalue weighted by Crippen LogP contribution is 2.39. The highest BCUT2D eigenvalue weighted by molar-refractivity contribution is 5.72. The molecule has 1 saturated heterocycles. The third kappa shape index (κ3) is 1.46. The van der Waals surface area contributed by atoms with Gasteiger partial charge in [-0.25, -0.2) is 0 Å². The molecule has 1 heterocycles. The summed E-state index contributed by atoms with van der Waals surface area (Å²) in [5.74, 6) is 0.0696. The molecule has 2 fully saturated rings. The van der Waals surface area contributed by atoms with Crippen LogP contribution in [0.5, 0.6) is 0 Å². The Morgan fingerprint density at radius 2 is 2.33 bits per heavy atom. The minimum atomic E-state index is -0.0357. The number of epoxide rings is 1. The van der Waals surface area contributed by atoms with Crippen LogP contribution in [0.25, 0.3) is 0 Å². The predicted molar refractivity (Wildman–Crippen MR) is 42.6 cm³/mol. The van der Waals surface area contributed by atoms with E-state index in [1.807, 2.05) is 6.92 Å². The standard InChI is InChI=1S/C9H14O3/c1-2-11-9(10)6-3-4-7-8(5-6)12-7/h6-8H,2-5H2,1H3/t6-,7?,8?/m0/s1. The maximum atomic E-state index is 11.3. The fraction of sp³-hybridized carbons (Fsp3) is 0.889. The summed E-state index contributed by atoms with van der Waals surface area (Å²) in [5.41, 5.74) is 0. The van der Waals surface area contributed by atoms with E-state index in [4.69, 9.17) is 9.47 Å². The smallest absolute Gasteiger partial charge is 0.309 e. The quantitative estimate of drug-likeness (QED) is 0.460. The lowest BCUT2D eigenvalue weighted by atomic mass is 9.89. The molecule has 0 aromatic rings. The summed E-state index contributed by atoms with van der Waals surface area (Å²) in [7, 11) is 0. The highest BCUT2D eigenvalue weighted by Gasteiger charge is 2.46. The molecule has 1 aliphatic heterocycles. The van der Waals surface area contributed by atoms with Gasteiger partial charge in [-0.3, -0.25) is 4.79 Å². The number of fused-ring (bicyclic) bond motifs is 1. The van der Waals surface area contributed by atoms with Crippen LogP contribution in [0.4, 0.5) is 0 Å². The topological polar surface area (TPSA) is 38.8 Å². The molecule has 2 rings (SSSR count). The molecule has 0 aromatic carbocycles. The molecular weight excluding hydrogens is 156 g/mol. The molecule has 3 heteroatoms. The van der Waals surface area contributed by atoms with E-state index in [1.165, 1.54) is 0 Å². The van der Waals surface area contributed by atoms with Crippen molar-refractivity contribution in [2.45, 2.75) is 38.4 Å². The Bertz CT molecular complexity index is 190. The zero-order chi connectivity index (χ0) is 8.55. The predicted octanol–water partition coefficient (Wildman–Crippen LogP) is 1.12. The van der Waals surface area contributed by atoms with Crippen LogP contribution >= 0.6 is 0 Å². The first-order valence-corrected chi connectivity index (χ1v) is 4.63. The first-order chi connectivity index (χ1) is 5.81. The first-order valence-electron chi connectivity index (χ1n) is 4.63. The number of ether oxygens (including phenoxy) is 2. The Hall–Kier alpha value is -0.570. The van der Waals surface area contributed by atoms with Gasteiger partial charge in [0.25, 0.3) is 0 Å². The fourth-order valence-corrected chi connectivity index (χ4v) is 1.88. The van der Waals surface area contributed by atoms with Crippen molar-refractivity contribution >= 4 is 5.97 Å². The molecule has 12 heavy (non-hydrogen) atoms. The lowest BCUT2D eigenvalue weighted by Crippen LogP contribution is -2.23. The minimum absolute atomic E-state index is 0.0357. The van der Waals surface area contributed by atoms with E-state index in [0.29, 0.717) is 18.8 Å². The van der Waals surface area contributed by atoms with E-state index in [-0.39, 0.29) is 11.9 Å². The van der Waals surface area contributed by atoms with Crippen LogP contribution in [0.1, 0.15) is 26.2 Å². The van der Waals surface area contributed by atoms with Crippen molar-refractivity contribution in [3.63, 3.8) is 0 Å². The largest absolute Gasteiger partial charge is 0.466 e. The summed E-state index contributed by atoms with van der Waals surface area (Å²) in [4.78, 5) is 11.3. The van der Waals surface area contributed by atoms with Gasteiger partial charge in [-0.2, -0.15) is 0 Å². The third-order valence-corrected chi connectivity index (χ3v) is 2.62. The second kappa shape index (κ2) is 3.05. The van der Waals surface area contributed by atoms with Gasteiger partial charge in [-0.15, -0.1) is 0 Å². The van der Waals surface area contributed by atoms with E-state index >= 15 is 0 Å². The van der Waals surface area contributed by atoms with Gasteiger partial charge in [0, 0.05) is 0 Å². The van der Waals surface area contributed by atoms with Crippen LogP contribution in [0.15, 0.2) is 0 Å². The fourth-order valence-electron chi connectivity index (χ4n) is 1.88. The van der Waals surface area contributed by atoms with Crippen LogP contribution in [0.2, 0.25) is 0 Å². The highest BCUT2D eigenvalue weighted by atomic mass is 16.6. The maximum absolute atomic E-state index is 11.3. The van der Waals surface area contributed by atoms with Gasteiger partial charge in [0.15, 0.2) is 0 Å². The van der Waals surface area contributed by atoms with E-state index < -0.39 is 0 Å². The van der Waals surface area contributed by atoms with Gasteiger partial charge in [0.1, 0.15) is 0 Å². The molecule has 0 aromatic heterocycles. The van der Waals surface area contributed by atoms with Crippen LogP contribution < -0.4 is 0 Å². The number of carbonyl (C=O) groups is 1. The SMILES string of the molecule is CCOC(=O)[C@H]1CCC2OC2C1. The zero-order valence-corrected chi connectivity index (χ0v) is 7.29. The Kier molecular flexibility index (Phi) is 2.05. The molecule has 2 aliphatic rings. The normalized spacial score (nSPS) is 38.6. The van der Waals surface area contributed by atoms with Gasteiger partial charge < -0.3 is 9.47 Å². The molecule has 3 nitrogen and oxygen atoms in total. The molecule has 0 radical (unpaired) electrons. The Morgan fingerprint density at radius 1 is 1.50 bits per heavy atom. The molecule has 68 valence electrons. The number of hydrogen-bond donors (Lipinski definition) is 0. The molecular formula is C9H14O3. The molecule has 1 aliphatic carbocycles. The lowest BCUT2D eigenvalue weighted by Gasteiger charge is -2.16. The van der Waals surface area contributed by atoms with Crippen LogP contribution in [-0.2, 0) is 14.3 Å². The second-order valence-electron chi connectivity index (χ2n) is 3.48. The van der Waals surface area contributed by atoms with Gasteiger partial charge in [0.2, 0.25) is 0 Å². The van der Waals surface area contributed by atoms with E-state index in [2.05, 4.69) is 0 Å². The van der Waals surface area contributed by atoms with Crippen molar-refractivity contribution in [3.05, 3.63) is 0 Å². The summed E-state index contributed by atoms with van der Waals surface area (Å²) >= 11 is 0. The van der Waals surface area contributed by atoms with E-state index in [1.54, 1.807) is 0 Å². The Balaban J connectivity index is 1.83. The molecule has 1 saturated carbocycles. The average molecular weight is 170 g/mol.